The number of ketones is 1. The summed E-state index contributed by atoms with van der Waals surface area (Å²) in [6, 6.07) is 7.95. The third-order valence-electron chi connectivity index (χ3n) is 2.90. The van der Waals surface area contributed by atoms with E-state index in [0.717, 1.165) is 11.6 Å². The zero-order valence-corrected chi connectivity index (χ0v) is 10.8. The summed E-state index contributed by atoms with van der Waals surface area (Å²) in [5.41, 5.74) is -0.821. The van der Waals surface area contributed by atoms with E-state index < -0.39 is 29.2 Å². The third kappa shape index (κ3) is 2.94. The van der Waals surface area contributed by atoms with Crippen LogP contribution in [0.2, 0.25) is 0 Å². The Morgan fingerprint density at radius 3 is 2.29 bits per heavy atom. The molecular formula is C15H9F5O. The third-order valence-corrected chi connectivity index (χ3v) is 2.90. The van der Waals surface area contributed by atoms with Crippen molar-refractivity contribution in [3.05, 3.63) is 59.2 Å². The van der Waals surface area contributed by atoms with Crippen molar-refractivity contribution >= 4 is 5.78 Å². The van der Waals surface area contributed by atoms with Crippen molar-refractivity contribution < 1.29 is 26.7 Å². The van der Waals surface area contributed by atoms with Crippen molar-refractivity contribution in [2.24, 2.45) is 0 Å². The maximum atomic E-state index is 14.2. The molecule has 2 rings (SSSR count). The van der Waals surface area contributed by atoms with E-state index in [1.807, 2.05) is 0 Å². The lowest BCUT2D eigenvalue weighted by Crippen LogP contribution is -2.25. The van der Waals surface area contributed by atoms with Gasteiger partial charge in [-0.3, -0.25) is 4.79 Å². The highest BCUT2D eigenvalue weighted by molar-refractivity contribution is 6.01. The van der Waals surface area contributed by atoms with E-state index in [4.69, 9.17) is 0 Å². The van der Waals surface area contributed by atoms with Crippen LogP contribution in [0.15, 0.2) is 36.4 Å². The minimum absolute atomic E-state index is 0.257. The van der Waals surface area contributed by atoms with Gasteiger partial charge >= 0.3 is 6.18 Å². The summed E-state index contributed by atoms with van der Waals surface area (Å²) in [4.78, 5) is 11.2. The smallest absolute Gasteiger partial charge is 0.284 e. The number of hydrogen-bond donors (Lipinski definition) is 0. The number of carbonyl (C=O) groups is 1. The van der Waals surface area contributed by atoms with Gasteiger partial charge < -0.3 is 0 Å². The average Bonchev–Trinajstić information content (AvgIpc) is 2.37. The first-order valence-corrected chi connectivity index (χ1v) is 5.88. The first-order chi connectivity index (χ1) is 9.71. The van der Waals surface area contributed by atoms with E-state index in [9.17, 15) is 26.7 Å². The average molecular weight is 300 g/mol. The van der Waals surface area contributed by atoms with Crippen LogP contribution >= 0.6 is 0 Å². The van der Waals surface area contributed by atoms with Crippen LogP contribution in [0.3, 0.4) is 0 Å². The van der Waals surface area contributed by atoms with Gasteiger partial charge in [0.05, 0.1) is 5.56 Å². The number of aryl methyl sites for hydroxylation is 1. The number of benzene rings is 2. The fourth-order valence-corrected chi connectivity index (χ4v) is 1.94. The number of rotatable bonds is 2. The number of alkyl halides is 3. The summed E-state index contributed by atoms with van der Waals surface area (Å²) in [5, 5.41) is 0. The molecule has 0 saturated heterocycles. The van der Waals surface area contributed by atoms with Crippen molar-refractivity contribution in [2.75, 3.05) is 0 Å². The number of carbonyl (C=O) groups excluding carboxylic acids is 1. The van der Waals surface area contributed by atoms with E-state index in [0.29, 0.717) is 6.07 Å². The van der Waals surface area contributed by atoms with E-state index in [1.54, 1.807) is 19.1 Å². The molecule has 0 aliphatic heterocycles. The minimum atomic E-state index is -5.34. The second kappa shape index (κ2) is 5.27. The molecule has 0 bridgehead atoms. The summed E-state index contributed by atoms with van der Waals surface area (Å²) in [7, 11) is 0. The van der Waals surface area contributed by atoms with Gasteiger partial charge in [0.15, 0.2) is 0 Å². The fraction of sp³-hybridized carbons (Fsp3) is 0.133. The van der Waals surface area contributed by atoms with Crippen LogP contribution in [0.5, 0.6) is 0 Å². The fourth-order valence-electron chi connectivity index (χ4n) is 1.94. The van der Waals surface area contributed by atoms with Crippen molar-refractivity contribution in [1.82, 2.24) is 0 Å². The second-order valence-corrected chi connectivity index (χ2v) is 4.48. The highest BCUT2D eigenvalue weighted by atomic mass is 19.4. The number of Topliss-reactive ketones (excluding diaryl/α,β-unsaturated/α-hetero) is 1. The molecule has 2 aromatic carbocycles. The zero-order chi connectivity index (χ0) is 15.8. The summed E-state index contributed by atoms with van der Waals surface area (Å²) >= 11 is 0. The Labute approximate surface area is 117 Å². The van der Waals surface area contributed by atoms with Crippen LogP contribution in [-0.4, -0.2) is 12.0 Å². The van der Waals surface area contributed by atoms with Crippen molar-refractivity contribution in [3.8, 4) is 11.1 Å². The largest absolute Gasteiger partial charge is 0.455 e. The van der Waals surface area contributed by atoms with E-state index in [2.05, 4.69) is 0 Å². The molecule has 110 valence electrons. The molecule has 2 aromatic rings. The topological polar surface area (TPSA) is 17.1 Å². The van der Waals surface area contributed by atoms with E-state index >= 15 is 0 Å². The maximum Gasteiger partial charge on any atom is 0.455 e. The molecule has 0 fully saturated rings. The summed E-state index contributed by atoms with van der Waals surface area (Å²) < 4.78 is 64.8. The first kappa shape index (κ1) is 15.2. The van der Waals surface area contributed by atoms with Crippen LogP contribution in [-0.2, 0) is 0 Å². The SMILES string of the molecule is Cc1cccc(-c2ccc(F)c(C(=O)C(F)(F)F)c2F)c1. The Hall–Kier alpha value is -2.24. The van der Waals surface area contributed by atoms with Crippen LogP contribution in [0.25, 0.3) is 11.1 Å². The molecule has 1 nitrogen and oxygen atoms in total. The van der Waals surface area contributed by atoms with Crippen molar-refractivity contribution in [1.29, 1.82) is 0 Å². The van der Waals surface area contributed by atoms with E-state index in [1.165, 1.54) is 12.1 Å². The summed E-state index contributed by atoms with van der Waals surface area (Å²) in [5.74, 6) is -5.58. The monoisotopic (exact) mass is 300 g/mol. The Morgan fingerprint density at radius 2 is 1.71 bits per heavy atom. The van der Waals surface area contributed by atoms with Crippen LogP contribution < -0.4 is 0 Å². The molecule has 0 heterocycles. The van der Waals surface area contributed by atoms with Gasteiger partial charge in [-0.1, -0.05) is 29.8 Å². The highest BCUT2D eigenvalue weighted by Gasteiger charge is 2.42. The van der Waals surface area contributed by atoms with Gasteiger partial charge in [0.1, 0.15) is 11.6 Å². The van der Waals surface area contributed by atoms with Gasteiger partial charge in [0, 0.05) is 5.56 Å². The normalized spacial score (nSPS) is 11.5. The maximum absolute atomic E-state index is 14.2. The lowest BCUT2D eigenvalue weighted by molar-refractivity contribution is -0.0890. The Bertz CT molecular complexity index is 704. The van der Waals surface area contributed by atoms with Gasteiger partial charge in [0.25, 0.3) is 5.78 Å². The molecule has 0 atom stereocenters. The van der Waals surface area contributed by atoms with Crippen molar-refractivity contribution in [3.63, 3.8) is 0 Å². The van der Waals surface area contributed by atoms with Gasteiger partial charge in [-0.05, 0) is 24.6 Å². The molecule has 21 heavy (non-hydrogen) atoms. The molecule has 0 aliphatic rings. The standard InChI is InChI=1S/C15H9F5O/c1-8-3-2-4-9(7-8)10-5-6-11(16)12(13(10)17)14(21)15(18,19)20/h2-7H,1H3. The van der Waals surface area contributed by atoms with Gasteiger partial charge in [0.2, 0.25) is 0 Å². The van der Waals surface area contributed by atoms with Gasteiger partial charge in [-0.25, -0.2) is 8.78 Å². The molecule has 0 unspecified atom stereocenters. The van der Waals surface area contributed by atoms with E-state index in [-0.39, 0.29) is 11.1 Å². The Balaban J connectivity index is 2.65. The minimum Gasteiger partial charge on any atom is -0.284 e. The van der Waals surface area contributed by atoms with Crippen LogP contribution in [0.1, 0.15) is 15.9 Å². The molecule has 0 amide bonds. The summed E-state index contributed by atoms with van der Waals surface area (Å²) in [6.45, 7) is 1.71. The van der Waals surface area contributed by atoms with Crippen LogP contribution in [0, 0.1) is 18.6 Å². The molecular weight excluding hydrogens is 291 g/mol. The molecule has 0 spiro atoms. The molecule has 0 N–H and O–H groups in total. The second-order valence-electron chi connectivity index (χ2n) is 4.48. The lowest BCUT2D eigenvalue weighted by Gasteiger charge is -2.11. The predicted octanol–water partition coefficient (Wildman–Crippen LogP) is 4.69. The van der Waals surface area contributed by atoms with Gasteiger partial charge in [-0.2, -0.15) is 13.2 Å². The zero-order valence-electron chi connectivity index (χ0n) is 10.8. The highest BCUT2D eigenvalue weighted by Crippen LogP contribution is 2.31. The molecule has 0 aliphatic carbocycles. The lowest BCUT2D eigenvalue weighted by atomic mass is 9.98. The molecule has 6 heteroatoms. The molecule has 0 saturated carbocycles. The summed E-state index contributed by atoms with van der Waals surface area (Å²) in [6.07, 6.45) is -5.34. The predicted molar refractivity (Wildman–Crippen MR) is 66.9 cm³/mol. The number of halogens is 5. The Kier molecular flexibility index (Phi) is 3.80. The molecule has 0 aromatic heterocycles. The Morgan fingerprint density at radius 1 is 1.05 bits per heavy atom. The quantitative estimate of drug-likeness (QED) is 0.581. The first-order valence-electron chi connectivity index (χ1n) is 5.88. The number of hydrogen-bond acceptors (Lipinski definition) is 1. The molecule has 0 radical (unpaired) electrons. The van der Waals surface area contributed by atoms with Gasteiger partial charge in [-0.15, -0.1) is 0 Å². The van der Waals surface area contributed by atoms with Crippen molar-refractivity contribution in [2.45, 2.75) is 13.1 Å². The van der Waals surface area contributed by atoms with Crippen LogP contribution in [0.4, 0.5) is 22.0 Å².